The van der Waals surface area contributed by atoms with Crippen LogP contribution in [0.2, 0.25) is 0 Å². The van der Waals surface area contributed by atoms with Crippen LogP contribution in [-0.4, -0.2) is 27.5 Å². The largest absolute Gasteiger partial charge is 0.378 e. The number of nitrogens with zero attached hydrogens (tertiary/aromatic N) is 2. The van der Waals surface area contributed by atoms with Gasteiger partial charge in [-0.15, -0.1) is 0 Å². The third kappa shape index (κ3) is 3.39. The van der Waals surface area contributed by atoms with Gasteiger partial charge < -0.3 is 9.30 Å². The maximum atomic E-state index is 5.74. The van der Waals surface area contributed by atoms with Gasteiger partial charge in [-0.2, -0.15) is 5.10 Å². The summed E-state index contributed by atoms with van der Waals surface area (Å²) in [7, 11) is 0. The van der Waals surface area contributed by atoms with Crippen molar-refractivity contribution in [3.63, 3.8) is 0 Å². The van der Waals surface area contributed by atoms with Crippen molar-refractivity contribution in [3.05, 3.63) is 10.6 Å². The van der Waals surface area contributed by atoms with Crippen LogP contribution >= 0.6 is 12.2 Å². The molecule has 17 heavy (non-hydrogen) atoms. The molecule has 96 valence electrons. The summed E-state index contributed by atoms with van der Waals surface area (Å²) in [4.78, 5) is 0. The molecule has 0 radical (unpaired) electrons. The van der Waals surface area contributed by atoms with Crippen LogP contribution in [0.15, 0.2) is 0 Å². The SMILES string of the molecule is CCCc1n[nH]c(=S)n1CCC1CCCCO1. The Balaban J connectivity index is 1.93. The van der Waals surface area contributed by atoms with Crippen LogP contribution in [0.4, 0.5) is 0 Å². The zero-order valence-corrected chi connectivity index (χ0v) is 11.3. The van der Waals surface area contributed by atoms with Gasteiger partial charge in [0.05, 0.1) is 6.10 Å². The first-order valence-corrected chi connectivity index (χ1v) is 6.97. The lowest BCUT2D eigenvalue weighted by atomic mass is 10.1. The second-order valence-electron chi connectivity index (χ2n) is 4.62. The molecule has 5 heteroatoms. The van der Waals surface area contributed by atoms with E-state index < -0.39 is 0 Å². The van der Waals surface area contributed by atoms with E-state index in [1.165, 1.54) is 19.3 Å². The van der Waals surface area contributed by atoms with Crippen LogP contribution < -0.4 is 0 Å². The molecule has 1 unspecified atom stereocenters. The molecule has 1 N–H and O–H groups in total. The molecule has 0 spiro atoms. The number of hydrogen-bond donors (Lipinski definition) is 1. The number of H-pyrrole nitrogens is 1. The third-order valence-corrected chi connectivity index (χ3v) is 3.57. The smallest absolute Gasteiger partial charge is 0.195 e. The van der Waals surface area contributed by atoms with Crippen LogP contribution in [0.3, 0.4) is 0 Å². The second-order valence-corrected chi connectivity index (χ2v) is 5.01. The summed E-state index contributed by atoms with van der Waals surface area (Å²) in [5, 5.41) is 7.16. The fourth-order valence-electron chi connectivity index (χ4n) is 2.30. The summed E-state index contributed by atoms with van der Waals surface area (Å²) < 4.78 is 8.60. The van der Waals surface area contributed by atoms with Gasteiger partial charge in [-0.05, 0) is 44.3 Å². The highest BCUT2D eigenvalue weighted by Crippen LogP contribution is 2.16. The average Bonchev–Trinajstić information content (AvgIpc) is 2.70. The lowest BCUT2D eigenvalue weighted by molar-refractivity contribution is 0.00863. The number of rotatable bonds is 5. The van der Waals surface area contributed by atoms with E-state index in [0.29, 0.717) is 6.10 Å². The van der Waals surface area contributed by atoms with Crippen molar-refractivity contribution in [2.75, 3.05) is 6.61 Å². The normalized spacial score (nSPS) is 20.6. The Labute approximate surface area is 107 Å². The standard InChI is InChI=1S/C12H21N3OS/c1-2-5-11-13-14-12(17)15(11)8-7-10-6-3-4-9-16-10/h10H,2-9H2,1H3,(H,14,17). The predicted molar refractivity (Wildman–Crippen MR) is 69.6 cm³/mol. The van der Waals surface area contributed by atoms with E-state index in [9.17, 15) is 0 Å². The van der Waals surface area contributed by atoms with E-state index in [1.54, 1.807) is 0 Å². The van der Waals surface area contributed by atoms with Crippen molar-refractivity contribution in [2.24, 2.45) is 0 Å². The van der Waals surface area contributed by atoms with E-state index in [1.807, 2.05) is 0 Å². The molecule has 1 aliphatic heterocycles. The number of hydrogen-bond acceptors (Lipinski definition) is 3. The Hall–Kier alpha value is -0.680. The topological polar surface area (TPSA) is 42.8 Å². The highest BCUT2D eigenvalue weighted by Gasteiger charge is 2.14. The maximum absolute atomic E-state index is 5.74. The molecule has 4 nitrogen and oxygen atoms in total. The van der Waals surface area contributed by atoms with Crippen LogP contribution in [0, 0.1) is 4.77 Å². The monoisotopic (exact) mass is 255 g/mol. The molecule has 0 saturated carbocycles. The Kier molecular flexibility index (Phi) is 4.74. The highest BCUT2D eigenvalue weighted by atomic mass is 32.1. The van der Waals surface area contributed by atoms with Gasteiger partial charge in [0, 0.05) is 19.6 Å². The number of aryl methyl sites for hydroxylation is 1. The average molecular weight is 255 g/mol. The lowest BCUT2D eigenvalue weighted by Crippen LogP contribution is -2.21. The molecule has 1 atom stereocenters. The van der Waals surface area contributed by atoms with Crippen LogP contribution in [0.5, 0.6) is 0 Å². The molecule has 0 amide bonds. The highest BCUT2D eigenvalue weighted by molar-refractivity contribution is 7.71. The number of aromatic nitrogens is 3. The summed E-state index contributed by atoms with van der Waals surface area (Å²) in [6, 6.07) is 0. The fraction of sp³-hybridized carbons (Fsp3) is 0.833. The van der Waals surface area contributed by atoms with Crippen molar-refractivity contribution in [1.82, 2.24) is 14.8 Å². The van der Waals surface area contributed by atoms with Crippen molar-refractivity contribution >= 4 is 12.2 Å². The lowest BCUT2D eigenvalue weighted by Gasteiger charge is -2.22. The molecule has 1 aromatic rings. The number of nitrogens with one attached hydrogen (secondary N) is 1. The van der Waals surface area contributed by atoms with E-state index in [4.69, 9.17) is 17.0 Å². The van der Waals surface area contributed by atoms with Gasteiger partial charge in [0.2, 0.25) is 0 Å². The van der Waals surface area contributed by atoms with Gasteiger partial charge in [-0.3, -0.25) is 5.10 Å². The van der Waals surface area contributed by atoms with Crippen molar-refractivity contribution in [3.8, 4) is 0 Å². The predicted octanol–water partition coefficient (Wildman–Crippen LogP) is 2.85. The molecule has 1 aromatic heterocycles. The maximum Gasteiger partial charge on any atom is 0.195 e. The summed E-state index contributed by atoms with van der Waals surface area (Å²) in [5.41, 5.74) is 0. The molecule has 1 saturated heterocycles. The quantitative estimate of drug-likeness (QED) is 0.823. The van der Waals surface area contributed by atoms with E-state index in [2.05, 4.69) is 21.7 Å². The van der Waals surface area contributed by atoms with Crippen LogP contribution in [-0.2, 0) is 17.7 Å². The fourth-order valence-corrected chi connectivity index (χ4v) is 2.55. The Bertz CT molecular complexity index is 393. The van der Waals surface area contributed by atoms with E-state index in [0.717, 1.165) is 43.0 Å². The van der Waals surface area contributed by atoms with Crippen molar-refractivity contribution in [2.45, 2.75) is 58.1 Å². The number of aromatic amines is 1. The van der Waals surface area contributed by atoms with Gasteiger partial charge in [-0.25, -0.2) is 0 Å². The second kappa shape index (κ2) is 6.31. The first-order chi connectivity index (χ1) is 8.31. The summed E-state index contributed by atoms with van der Waals surface area (Å²) in [6.07, 6.45) is 7.23. The van der Waals surface area contributed by atoms with Crippen molar-refractivity contribution < 1.29 is 4.74 Å². The van der Waals surface area contributed by atoms with Gasteiger partial charge in [0.1, 0.15) is 5.82 Å². The van der Waals surface area contributed by atoms with Crippen LogP contribution in [0.1, 0.15) is 44.9 Å². The summed E-state index contributed by atoms with van der Waals surface area (Å²) in [5.74, 6) is 1.08. The molecular formula is C12H21N3OS. The van der Waals surface area contributed by atoms with Gasteiger partial charge in [-0.1, -0.05) is 6.92 Å². The minimum atomic E-state index is 0.412. The molecule has 0 aromatic carbocycles. The minimum Gasteiger partial charge on any atom is -0.378 e. The molecule has 1 aliphatic rings. The Morgan fingerprint density at radius 1 is 1.53 bits per heavy atom. The third-order valence-electron chi connectivity index (χ3n) is 3.26. The summed E-state index contributed by atoms with van der Waals surface area (Å²) in [6.45, 7) is 4.00. The molecule has 2 rings (SSSR count). The van der Waals surface area contributed by atoms with Crippen molar-refractivity contribution in [1.29, 1.82) is 0 Å². The van der Waals surface area contributed by atoms with Gasteiger partial charge >= 0.3 is 0 Å². The Morgan fingerprint density at radius 3 is 3.12 bits per heavy atom. The molecule has 2 heterocycles. The Morgan fingerprint density at radius 2 is 2.41 bits per heavy atom. The molecule has 0 aliphatic carbocycles. The van der Waals surface area contributed by atoms with Crippen LogP contribution in [0.25, 0.3) is 0 Å². The van der Waals surface area contributed by atoms with Gasteiger partial charge in [0.25, 0.3) is 0 Å². The first-order valence-electron chi connectivity index (χ1n) is 6.57. The molecule has 0 bridgehead atoms. The molecule has 1 fully saturated rings. The summed E-state index contributed by atoms with van der Waals surface area (Å²) >= 11 is 5.26. The van der Waals surface area contributed by atoms with E-state index in [-0.39, 0.29) is 0 Å². The number of ether oxygens (including phenoxy) is 1. The molecular weight excluding hydrogens is 234 g/mol. The van der Waals surface area contributed by atoms with E-state index >= 15 is 0 Å². The van der Waals surface area contributed by atoms with Gasteiger partial charge in [0.15, 0.2) is 4.77 Å². The zero-order valence-electron chi connectivity index (χ0n) is 10.4. The zero-order chi connectivity index (χ0) is 12.1. The first kappa shape index (κ1) is 12.8. The minimum absolute atomic E-state index is 0.412.